The van der Waals surface area contributed by atoms with Crippen LogP contribution in [0.5, 0.6) is 0 Å². The predicted molar refractivity (Wildman–Crippen MR) is 86.1 cm³/mol. The maximum atomic E-state index is 12.0. The molecule has 6 nitrogen and oxygen atoms in total. The molecule has 1 atom stereocenters. The molecule has 0 saturated heterocycles. The lowest BCUT2D eigenvalue weighted by molar-refractivity contribution is 0.0936. The van der Waals surface area contributed by atoms with Gasteiger partial charge in [-0.2, -0.15) is 4.98 Å². The smallest absolute Gasteiger partial charge is 0.261 e. The molecule has 1 unspecified atom stereocenters. The zero-order chi connectivity index (χ0) is 14.9. The van der Waals surface area contributed by atoms with Crippen molar-refractivity contribution < 1.29 is 9.32 Å². The molecular formula is C14H19ClN4O2S. The predicted octanol–water partition coefficient (Wildman–Crippen LogP) is 2.77. The molecular weight excluding hydrogens is 324 g/mol. The topological polar surface area (TPSA) is 94.0 Å². The zero-order valence-electron chi connectivity index (χ0n) is 12.2. The molecule has 0 aromatic carbocycles. The maximum Gasteiger partial charge on any atom is 0.261 e. The molecule has 0 spiro atoms. The van der Waals surface area contributed by atoms with E-state index in [0.717, 1.165) is 25.7 Å². The molecule has 120 valence electrons. The number of aromatic nitrogens is 2. The Morgan fingerprint density at radius 1 is 1.50 bits per heavy atom. The number of nitrogens with zero attached hydrogens (tertiary/aromatic N) is 2. The Balaban J connectivity index is 0.00000176. The molecule has 1 amide bonds. The van der Waals surface area contributed by atoms with Gasteiger partial charge in [0.2, 0.25) is 5.89 Å². The first-order valence-electron chi connectivity index (χ1n) is 7.06. The lowest BCUT2D eigenvalue weighted by Crippen LogP contribution is -2.34. The first-order chi connectivity index (χ1) is 10.1. The molecule has 8 heteroatoms. The standard InChI is InChI=1S/C14H18N4O2S.ClH/c1-9(16-11(19)10-5-4-8-21-10)12-17-13(18-20-12)14(15)6-2-3-7-14;/h4-5,8-9H,2-3,6-7,15H2,1H3,(H,16,19);1H. The first-order valence-corrected chi connectivity index (χ1v) is 7.94. The monoisotopic (exact) mass is 342 g/mol. The van der Waals surface area contributed by atoms with E-state index in [0.29, 0.717) is 16.6 Å². The highest BCUT2D eigenvalue weighted by molar-refractivity contribution is 7.12. The number of nitrogens with two attached hydrogens (primary N) is 1. The Labute approximate surface area is 138 Å². The van der Waals surface area contributed by atoms with Gasteiger partial charge in [-0.25, -0.2) is 0 Å². The number of rotatable bonds is 4. The minimum atomic E-state index is -0.473. The fourth-order valence-electron chi connectivity index (χ4n) is 2.58. The van der Waals surface area contributed by atoms with E-state index in [-0.39, 0.29) is 24.4 Å². The van der Waals surface area contributed by atoms with Crippen molar-refractivity contribution in [2.75, 3.05) is 0 Å². The number of hydrogen-bond acceptors (Lipinski definition) is 6. The van der Waals surface area contributed by atoms with Gasteiger partial charge in [0.05, 0.1) is 10.4 Å². The summed E-state index contributed by atoms with van der Waals surface area (Å²) in [6.45, 7) is 1.82. The largest absolute Gasteiger partial charge is 0.340 e. The molecule has 22 heavy (non-hydrogen) atoms. The number of thiophene rings is 1. The van der Waals surface area contributed by atoms with Gasteiger partial charge in [-0.15, -0.1) is 23.7 Å². The van der Waals surface area contributed by atoms with Crippen molar-refractivity contribution in [2.24, 2.45) is 5.73 Å². The average molecular weight is 343 g/mol. The second-order valence-electron chi connectivity index (χ2n) is 5.49. The van der Waals surface area contributed by atoms with E-state index >= 15 is 0 Å². The van der Waals surface area contributed by atoms with E-state index in [1.54, 1.807) is 6.07 Å². The summed E-state index contributed by atoms with van der Waals surface area (Å²) < 4.78 is 5.27. The van der Waals surface area contributed by atoms with E-state index in [1.807, 2.05) is 18.4 Å². The molecule has 2 aromatic rings. The van der Waals surface area contributed by atoms with Gasteiger partial charge in [0, 0.05) is 0 Å². The summed E-state index contributed by atoms with van der Waals surface area (Å²) >= 11 is 1.39. The van der Waals surface area contributed by atoms with Crippen LogP contribution in [-0.2, 0) is 5.54 Å². The first kappa shape index (κ1) is 16.9. The number of amides is 1. The summed E-state index contributed by atoms with van der Waals surface area (Å²) in [5.74, 6) is 0.805. The number of hydrogen-bond donors (Lipinski definition) is 2. The van der Waals surface area contributed by atoms with Gasteiger partial charge in [-0.3, -0.25) is 4.79 Å². The quantitative estimate of drug-likeness (QED) is 0.891. The lowest BCUT2D eigenvalue weighted by atomic mass is 9.99. The third-order valence-electron chi connectivity index (χ3n) is 3.85. The Kier molecular flexibility index (Phi) is 5.20. The minimum Gasteiger partial charge on any atom is -0.340 e. The summed E-state index contributed by atoms with van der Waals surface area (Å²) in [7, 11) is 0. The number of carbonyl (C=O) groups excluding carboxylic acids is 1. The second kappa shape index (κ2) is 6.76. The summed E-state index contributed by atoms with van der Waals surface area (Å²) in [6, 6.07) is 3.28. The van der Waals surface area contributed by atoms with Crippen LogP contribution in [0.25, 0.3) is 0 Å². The van der Waals surface area contributed by atoms with Crippen LogP contribution in [0.15, 0.2) is 22.0 Å². The van der Waals surface area contributed by atoms with Crippen LogP contribution in [-0.4, -0.2) is 16.0 Å². The van der Waals surface area contributed by atoms with Crippen molar-refractivity contribution in [2.45, 2.75) is 44.2 Å². The average Bonchev–Trinajstić information content (AvgIpc) is 3.20. The molecule has 1 aliphatic rings. The van der Waals surface area contributed by atoms with Crippen LogP contribution in [0.1, 0.15) is 60.0 Å². The summed E-state index contributed by atoms with van der Waals surface area (Å²) in [5.41, 5.74) is 5.83. The fourth-order valence-corrected chi connectivity index (χ4v) is 3.21. The summed E-state index contributed by atoms with van der Waals surface area (Å²) in [4.78, 5) is 17.0. The molecule has 2 aromatic heterocycles. The minimum absolute atomic E-state index is 0. The highest BCUT2D eigenvalue weighted by Gasteiger charge is 2.36. The SMILES string of the molecule is CC(NC(=O)c1cccs1)c1nc(C2(N)CCCC2)no1.Cl. The third-order valence-corrected chi connectivity index (χ3v) is 4.71. The zero-order valence-corrected chi connectivity index (χ0v) is 13.9. The van der Waals surface area contributed by atoms with Crippen molar-refractivity contribution in [3.8, 4) is 0 Å². The third kappa shape index (κ3) is 3.31. The number of nitrogens with one attached hydrogen (secondary N) is 1. The highest BCUT2D eigenvalue weighted by atomic mass is 35.5. The van der Waals surface area contributed by atoms with E-state index in [4.69, 9.17) is 10.3 Å². The number of carbonyl (C=O) groups is 1. The van der Waals surface area contributed by atoms with Gasteiger partial charge in [-0.1, -0.05) is 24.1 Å². The van der Waals surface area contributed by atoms with Gasteiger partial charge in [0.1, 0.15) is 6.04 Å². The van der Waals surface area contributed by atoms with Crippen molar-refractivity contribution >= 4 is 29.7 Å². The molecule has 3 N–H and O–H groups in total. The van der Waals surface area contributed by atoms with Gasteiger partial charge < -0.3 is 15.6 Å². The molecule has 0 aliphatic heterocycles. The van der Waals surface area contributed by atoms with Crippen LogP contribution < -0.4 is 11.1 Å². The fraction of sp³-hybridized carbons (Fsp3) is 0.500. The molecule has 1 aliphatic carbocycles. The summed E-state index contributed by atoms with van der Waals surface area (Å²) in [5, 5.41) is 8.71. The Morgan fingerprint density at radius 3 is 2.86 bits per heavy atom. The molecule has 2 heterocycles. The molecule has 1 fully saturated rings. The van der Waals surface area contributed by atoms with Gasteiger partial charge in [0.15, 0.2) is 5.82 Å². The van der Waals surface area contributed by atoms with E-state index in [2.05, 4.69) is 15.5 Å². The Hall–Kier alpha value is -1.44. The number of halogens is 1. The van der Waals surface area contributed by atoms with Crippen LogP contribution in [0.3, 0.4) is 0 Å². The van der Waals surface area contributed by atoms with E-state index < -0.39 is 5.54 Å². The summed E-state index contributed by atoms with van der Waals surface area (Å²) in [6.07, 6.45) is 3.93. The Bertz CT molecular complexity index is 623. The highest BCUT2D eigenvalue weighted by Crippen LogP contribution is 2.34. The van der Waals surface area contributed by atoms with Crippen molar-refractivity contribution in [1.29, 1.82) is 0 Å². The van der Waals surface area contributed by atoms with E-state index in [9.17, 15) is 4.79 Å². The van der Waals surface area contributed by atoms with Crippen molar-refractivity contribution in [3.05, 3.63) is 34.1 Å². The van der Waals surface area contributed by atoms with Crippen molar-refractivity contribution in [3.63, 3.8) is 0 Å². The van der Waals surface area contributed by atoms with Crippen molar-refractivity contribution in [1.82, 2.24) is 15.5 Å². The van der Waals surface area contributed by atoms with Gasteiger partial charge in [-0.05, 0) is 31.2 Å². The molecule has 3 rings (SSSR count). The van der Waals surface area contributed by atoms with Crippen LogP contribution in [0.2, 0.25) is 0 Å². The van der Waals surface area contributed by atoms with E-state index in [1.165, 1.54) is 11.3 Å². The van der Waals surface area contributed by atoms with Gasteiger partial charge in [0.25, 0.3) is 5.91 Å². The Morgan fingerprint density at radius 2 is 2.23 bits per heavy atom. The molecule has 1 saturated carbocycles. The normalized spacial score (nSPS) is 17.7. The molecule has 0 bridgehead atoms. The molecule has 0 radical (unpaired) electrons. The van der Waals surface area contributed by atoms with Crippen LogP contribution >= 0.6 is 23.7 Å². The lowest BCUT2D eigenvalue weighted by Gasteiger charge is -2.17. The van der Waals surface area contributed by atoms with Crippen LogP contribution in [0, 0.1) is 0 Å². The second-order valence-corrected chi connectivity index (χ2v) is 6.44. The van der Waals surface area contributed by atoms with Crippen LogP contribution in [0.4, 0.5) is 0 Å². The van der Waals surface area contributed by atoms with Gasteiger partial charge >= 0.3 is 0 Å². The maximum absolute atomic E-state index is 12.0.